The van der Waals surface area contributed by atoms with Gasteiger partial charge in [0.05, 0.1) is 6.61 Å². The van der Waals surface area contributed by atoms with E-state index < -0.39 is 23.2 Å². The van der Waals surface area contributed by atoms with Crippen LogP contribution in [0.1, 0.15) is 50.0 Å². The second kappa shape index (κ2) is 12.4. The molecule has 5 aromatic rings. The third kappa shape index (κ3) is 5.62. The summed E-state index contributed by atoms with van der Waals surface area (Å²) in [6.45, 7) is 2.04. The van der Waals surface area contributed by atoms with E-state index in [1.54, 1.807) is 6.92 Å². The van der Waals surface area contributed by atoms with Crippen LogP contribution in [0.15, 0.2) is 128 Å². The summed E-state index contributed by atoms with van der Waals surface area (Å²) < 4.78 is 6.70. The summed E-state index contributed by atoms with van der Waals surface area (Å²) in [4.78, 5) is 32.9. The number of carbonyl (C=O) groups is 2. The van der Waals surface area contributed by atoms with Gasteiger partial charge in [0, 0.05) is 12.7 Å². The van der Waals surface area contributed by atoms with E-state index in [0.717, 1.165) is 22.3 Å². The number of rotatable bonds is 10. The minimum Gasteiger partial charge on any atom is -0.505 e. The molecule has 2 N–H and O–H groups in total. The lowest BCUT2D eigenvalue weighted by molar-refractivity contribution is -0.0475. The molecule has 0 aliphatic heterocycles. The smallest absolute Gasteiger partial charge is 0.358 e. The number of aromatic nitrogens is 1. The number of benzene rings is 4. The number of esters is 1. The highest BCUT2D eigenvalue weighted by Gasteiger charge is 2.39. The van der Waals surface area contributed by atoms with Crippen LogP contribution in [0.25, 0.3) is 0 Å². The van der Waals surface area contributed by atoms with Crippen molar-refractivity contribution in [1.29, 1.82) is 0 Å². The number of nitrogens with zero attached hydrogens (tertiary/aromatic N) is 1. The molecule has 1 heterocycles. The van der Waals surface area contributed by atoms with Crippen molar-refractivity contribution in [2.75, 3.05) is 6.61 Å². The SMILES string of the molecule is CCOC(=O)c1c(O)c(C(=O)NOC(c2ccccc2)(c2ccccc2)c2ccccc2)cn1Cc1ccccc1. The minimum absolute atomic E-state index is 0.110. The Bertz CT molecular complexity index is 1500. The van der Waals surface area contributed by atoms with Gasteiger partial charge in [0.25, 0.3) is 5.91 Å². The number of aromatic hydroxyl groups is 1. The van der Waals surface area contributed by atoms with Gasteiger partial charge in [-0.3, -0.25) is 9.63 Å². The second-order valence-electron chi connectivity index (χ2n) is 9.39. The van der Waals surface area contributed by atoms with Gasteiger partial charge in [-0.2, -0.15) is 0 Å². The lowest BCUT2D eigenvalue weighted by Crippen LogP contribution is -2.40. The van der Waals surface area contributed by atoms with Gasteiger partial charge in [-0.1, -0.05) is 121 Å². The molecule has 0 saturated carbocycles. The average molecular weight is 547 g/mol. The highest BCUT2D eigenvalue weighted by atomic mass is 16.7. The zero-order valence-electron chi connectivity index (χ0n) is 22.6. The summed E-state index contributed by atoms with van der Waals surface area (Å²) in [6.07, 6.45) is 1.43. The van der Waals surface area contributed by atoms with Crippen LogP contribution in [0, 0.1) is 0 Å². The Kier molecular flexibility index (Phi) is 8.27. The lowest BCUT2D eigenvalue weighted by Gasteiger charge is -2.34. The first-order chi connectivity index (χ1) is 20.0. The molecule has 0 radical (unpaired) electrons. The number of carbonyl (C=O) groups excluding carboxylic acids is 2. The Hall–Kier alpha value is -5.14. The quantitative estimate of drug-likeness (QED) is 0.126. The molecular formula is C34H30N2O5. The van der Waals surface area contributed by atoms with Gasteiger partial charge < -0.3 is 14.4 Å². The number of hydroxylamine groups is 1. The van der Waals surface area contributed by atoms with Crippen LogP contribution >= 0.6 is 0 Å². The lowest BCUT2D eigenvalue weighted by atomic mass is 9.80. The predicted molar refractivity (Wildman–Crippen MR) is 155 cm³/mol. The fourth-order valence-corrected chi connectivity index (χ4v) is 4.90. The first-order valence-electron chi connectivity index (χ1n) is 13.3. The zero-order valence-corrected chi connectivity index (χ0v) is 22.6. The van der Waals surface area contributed by atoms with Crippen LogP contribution in [0.2, 0.25) is 0 Å². The van der Waals surface area contributed by atoms with Crippen LogP contribution in [-0.4, -0.2) is 28.2 Å². The molecule has 5 rings (SSSR count). The van der Waals surface area contributed by atoms with Crippen LogP contribution in [0.5, 0.6) is 5.75 Å². The summed E-state index contributed by atoms with van der Waals surface area (Å²) in [7, 11) is 0. The van der Waals surface area contributed by atoms with E-state index in [9.17, 15) is 14.7 Å². The Morgan fingerprint density at radius 3 is 1.68 bits per heavy atom. The van der Waals surface area contributed by atoms with E-state index in [1.807, 2.05) is 121 Å². The number of ether oxygens (including phenoxy) is 1. The van der Waals surface area contributed by atoms with Crippen molar-refractivity contribution in [2.45, 2.75) is 19.1 Å². The van der Waals surface area contributed by atoms with Gasteiger partial charge in [0.1, 0.15) is 5.56 Å². The highest BCUT2D eigenvalue weighted by molar-refractivity contribution is 6.01. The normalized spacial score (nSPS) is 11.1. The van der Waals surface area contributed by atoms with Gasteiger partial charge >= 0.3 is 5.97 Å². The van der Waals surface area contributed by atoms with Crippen LogP contribution in [0.4, 0.5) is 0 Å². The molecule has 1 aromatic heterocycles. The third-order valence-electron chi connectivity index (χ3n) is 6.80. The third-order valence-corrected chi connectivity index (χ3v) is 6.80. The van der Waals surface area contributed by atoms with E-state index in [1.165, 1.54) is 10.8 Å². The maximum Gasteiger partial charge on any atom is 0.358 e. The molecule has 0 fully saturated rings. The van der Waals surface area contributed by atoms with Crippen molar-refractivity contribution in [1.82, 2.24) is 10.0 Å². The van der Waals surface area contributed by atoms with Gasteiger partial charge in [-0.25, -0.2) is 10.3 Å². The van der Waals surface area contributed by atoms with Crippen LogP contribution in [-0.2, 0) is 21.7 Å². The minimum atomic E-state index is -1.22. The molecule has 7 nitrogen and oxygen atoms in total. The predicted octanol–water partition coefficient (Wildman–Crippen LogP) is 6.07. The first kappa shape index (κ1) is 27.4. The zero-order chi connectivity index (χ0) is 28.7. The van der Waals surface area contributed by atoms with Gasteiger partial charge in [0.15, 0.2) is 17.0 Å². The molecule has 0 bridgehead atoms. The Morgan fingerprint density at radius 2 is 1.22 bits per heavy atom. The van der Waals surface area contributed by atoms with Crippen molar-refractivity contribution < 1.29 is 24.3 Å². The molecule has 7 heteroatoms. The molecule has 0 saturated heterocycles. The Balaban J connectivity index is 1.55. The summed E-state index contributed by atoms with van der Waals surface area (Å²) in [5.41, 5.74) is 4.39. The molecule has 1 amide bonds. The van der Waals surface area contributed by atoms with Gasteiger partial charge in [-0.15, -0.1) is 0 Å². The fraction of sp³-hybridized carbons (Fsp3) is 0.118. The summed E-state index contributed by atoms with van der Waals surface area (Å²) >= 11 is 0. The van der Waals surface area contributed by atoms with E-state index in [-0.39, 0.29) is 24.4 Å². The first-order valence-corrected chi connectivity index (χ1v) is 13.3. The molecule has 41 heavy (non-hydrogen) atoms. The molecule has 206 valence electrons. The molecule has 0 aliphatic carbocycles. The monoisotopic (exact) mass is 546 g/mol. The average Bonchev–Trinajstić information content (AvgIpc) is 3.35. The number of hydrogen-bond donors (Lipinski definition) is 2. The Morgan fingerprint density at radius 1 is 0.756 bits per heavy atom. The number of amides is 1. The molecule has 0 unspecified atom stereocenters. The van der Waals surface area contributed by atoms with Crippen LogP contribution < -0.4 is 5.48 Å². The van der Waals surface area contributed by atoms with E-state index >= 15 is 0 Å². The number of nitrogens with one attached hydrogen (secondary N) is 1. The second-order valence-corrected chi connectivity index (χ2v) is 9.39. The van der Waals surface area contributed by atoms with Crippen molar-refractivity contribution >= 4 is 11.9 Å². The van der Waals surface area contributed by atoms with Gasteiger partial charge in [-0.05, 0) is 29.2 Å². The molecule has 4 aromatic carbocycles. The molecular weight excluding hydrogens is 516 g/mol. The summed E-state index contributed by atoms with van der Waals surface area (Å²) in [5, 5.41) is 11.1. The maximum atomic E-state index is 13.6. The van der Waals surface area contributed by atoms with E-state index in [0.29, 0.717) is 0 Å². The van der Waals surface area contributed by atoms with Crippen molar-refractivity contribution in [3.63, 3.8) is 0 Å². The van der Waals surface area contributed by atoms with E-state index in [4.69, 9.17) is 9.57 Å². The van der Waals surface area contributed by atoms with Crippen molar-refractivity contribution in [3.05, 3.63) is 161 Å². The molecule has 0 aliphatic rings. The topological polar surface area (TPSA) is 89.8 Å². The molecule has 0 atom stereocenters. The van der Waals surface area contributed by atoms with Crippen molar-refractivity contribution in [3.8, 4) is 5.75 Å². The standard InChI is InChI=1S/C34H30N2O5/c1-2-40-33(39)30-31(37)29(24-36(30)23-25-15-7-3-8-16-25)32(38)35-41-34(26-17-9-4-10-18-26,27-19-11-5-12-20-27)28-21-13-6-14-22-28/h3-22,24,37H,2,23H2,1H3,(H,35,38). The molecule has 0 spiro atoms. The fourth-order valence-electron chi connectivity index (χ4n) is 4.90. The summed E-state index contributed by atoms with van der Waals surface area (Å²) in [5.74, 6) is -1.93. The Labute approximate surface area is 238 Å². The summed E-state index contributed by atoms with van der Waals surface area (Å²) in [6, 6.07) is 38.2. The van der Waals surface area contributed by atoms with Crippen molar-refractivity contribution in [2.24, 2.45) is 0 Å². The van der Waals surface area contributed by atoms with Gasteiger partial charge in [0.2, 0.25) is 0 Å². The maximum absolute atomic E-state index is 13.6. The van der Waals surface area contributed by atoms with E-state index in [2.05, 4.69) is 5.48 Å². The number of hydrogen-bond acceptors (Lipinski definition) is 5. The van der Waals surface area contributed by atoms with Crippen LogP contribution in [0.3, 0.4) is 0 Å². The largest absolute Gasteiger partial charge is 0.505 e. The highest BCUT2D eigenvalue weighted by Crippen LogP contribution is 2.40.